The number of fused-ring (bicyclic) bond motifs is 1. The molecule has 1 aliphatic carbocycles. The van der Waals surface area contributed by atoms with Gasteiger partial charge in [-0.05, 0) is 51.2 Å². The first-order valence-corrected chi connectivity index (χ1v) is 11.8. The van der Waals surface area contributed by atoms with E-state index in [-0.39, 0.29) is 11.1 Å². The number of hydrogen-bond donors (Lipinski definition) is 2. The third-order valence-corrected chi connectivity index (χ3v) is 6.72. The van der Waals surface area contributed by atoms with Crippen LogP contribution in [0.15, 0.2) is 48.2 Å². The number of aromatic nitrogens is 1. The number of halogens is 1. The molecule has 2 N–H and O–H groups in total. The second kappa shape index (κ2) is 10.4. The lowest BCUT2D eigenvalue weighted by molar-refractivity contribution is -0.112. The lowest BCUT2D eigenvalue weighted by Gasteiger charge is -2.20. The number of carbonyl (C=O) groups excluding carboxylic acids is 1. The van der Waals surface area contributed by atoms with E-state index < -0.39 is 5.91 Å². The SMILES string of the molecule is COc1cc(Nc2c(C#N)cnc3cc(OC)c(NC(=O)/C(C#N)=C/C4(N(C)C)CC4)cc23)ccc1Cl. The molecule has 1 aliphatic rings. The Bertz CT molecular complexity index is 1500. The molecule has 0 atom stereocenters. The number of nitriles is 2. The molecule has 4 rings (SSSR count). The highest BCUT2D eigenvalue weighted by atomic mass is 35.5. The van der Waals surface area contributed by atoms with Crippen LogP contribution in [0.3, 0.4) is 0 Å². The molecule has 10 heteroatoms. The quantitative estimate of drug-likeness (QED) is 0.316. The van der Waals surface area contributed by atoms with Crippen molar-refractivity contribution >= 4 is 45.5 Å². The van der Waals surface area contributed by atoms with Crippen LogP contribution in [0.2, 0.25) is 5.02 Å². The zero-order valence-electron chi connectivity index (χ0n) is 20.8. The Hall–Kier alpha value is -4.31. The molecule has 0 unspecified atom stereocenters. The summed E-state index contributed by atoms with van der Waals surface area (Å²) in [5.74, 6) is 0.290. The second-order valence-corrected chi connectivity index (χ2v) is 9.23. The second-order valence-electron chi connectivity index (χ2n) is 8.82. The first-order valence-electron chi connectivity index (χ1n) is 11.4. The van der Waals surface area contributed by atoms with Crippen LogP contribution in [-0.4, -0.2) is 49.6 Å². The minimum absolute atomic E-state index is 0.0175. The number of ether oxygens (including phenoxy) is 2. The van der Waals surface area contributed by atoms with Gasteiger partial charge in [-0.2, -0.15) is 10.5 Å². The Kier molecular flexibility index (Phi) is 7.21. The molecule has 0 saturated heterocycles. The van der Waals surface area contributed by atoms with Gasteiger partial charge in [0.25, 0.3) is 5.91 Å². The number of anilines is 3. The summed E-state index contributed by atoms with van der Waals surface area (Å²) in [6, 6.07) is 12.7. The molecule has 0 radical (unpaired) electrons. The molecule has 0 bridgehead atoms. The maximum absolute atomic E-state index is 13.1. The highest BCUT2D eigenvalue weighted by Gasteiger charge is 2.43. The molecule has 1 aromatic heterocycles. The van der Waals surface area contributed by atoms with E-state index in [1.165, 1.54) is 20.4 Å². The van der Waals surface area contributed by atoms with Crippen LogP contribution >= 0.6 is 11.6 Å². The van der Waals surface area contributed by atoms with Crippen molar-refractivity contribution in [2.24, 2.45) is 0 Å². The average Bonchev–Trinajstić information content (AvgIpc) is 3.69. The smallest absolute Gasteiger partial charge is 0.266 e. The molecule has 9 nitrogen and oxygen atoms in total. The molecule has 0 aliphatic heterocycles. The van der Waals surface area contributed by atoms with Gasteiger partial charge in [-0.3, -0.25) is 9.78 Å². The molecule has 37 heavy (non-hydrogen) atoms. The first-order chi connectivity index (χ1) is 17.7. The molecular formula is C27H25ClN6O3. The molecule has 1 heterocycles. The highest BCUT2D eigenvalue weighted by Crippen LogP contribution is 2.42. The Balaban J connectivity index is 1.77. The van der Waals surface area contributed by atoms with Gasteiger partial charge in [0.15, 0.2) is 0 Å². The van der Waals surface area contributed by atoms with Gasteiger partial charge in [-0.15, -0.1) is 0 Å². The summed E-state index contributed by atoms with van der Waals surface area (Å²) in [5.41, 5.74) is 2.03. The summed E-state index contributed by atoms with van der Waals surface area (Å²) >= 11 is 6.15. The van der Waals surface area contributed by atoms with Crippen molar-refractivity contribution in [3.63, 3.8) is 0 Å². The average molecular weight is 517 g/mol. The van der Waals surface area contributed by atoms with E-state index in [1.807, 2.05) is 25.1 Å². The molecule has 1 saturated carbocycles. The lowest BCUT2D eigenvalue weighted by Crippen LogP contribution is -2.29. The van der Waals surface area contributed by atoms with Gasteiger partial charge in [0.2, 0.25) is 0 Å². The van der Waals surface area contributed by atoms with Crippen molar-refractivity contribution in [2.75, 3.05) is 38.9 Å². The molecule has 1 fully saturated rings. The zero-order valence-corrected chi connectivity index (χ0v) is 21.6. The van der Waals surface area contributed by atoms with Crippen LogP contribution < -0.4 is 20.1 Å². The molecule has 1 amide bonds. The first kappa shape index (κ1) is 25.8. The van der Waals surface area contributed by atoms with Crippen LogP contribution in [0.5, 0.6) is 11.5 Å². The maximum Gasteiger partial charge on any atom is 0.266 e. The van der Waals surface area contributed by atoms with Gasteiger partial charge in [-0.25, -0.2) is 0 Å². The van der Waals surface area contributed by atoms with Crippen molar-refractivity contribution in [2.45, 2.75) is 18.4 Å². The van der Waals surface area contributed by atoms with Crippen molar-refractivity contribution in [3.05, 3.63) is 58.8 Å². The van der Waals surface area contributed by atoms with Gasteiger partial charge in [0, 0.05) is 34.9 Å². The summed E-state index contributed by atoms with van der Waals surface area (Å²) in [7, 11) is 6.84. The van der Waals surface area contributed by atoms with Gasteiger partial charge in [0.05, 0.1) is 41.7 Å². The van der Waals surface area contributed by atoms with Crippen molar-refractivity contribution in [1.29, 1.82) is 10.5 Å². The van der Waals surface area contributed by atoms with Crippen molar-refractivity contribution in [3.8, 4) is 23.6 Å². The van der Waals surface area contributed by atoms with Gasteiger partial charge in [0.1, 0.15) is 29.2 Å². The van der Waals surface area contributed by atoms with Gasteiger partial charge < -0.3 is 25.0 Å². The van der Waals surface area contributed by atoms with E-state index in [4.69, 9.17) is 21.1 Å². The van der Waals surface area contributed by atoms with Gasteiger partial charge in [-0.1, -0.05) is 11.6 Å². The van der Waals surface area contributed by atoms with Crippen molar-refractivity contribution < 1.29 is 14.3 Å². The van der Waals surface area contributed by atoms with E-state index >= 15 is 0 Å². The maximum atomic E-state index is 13.1. The van der Waals surface area contributed by atoms with E-state index in [0.29, 0.717) is 50.1 Å². The summed E-state index contributed by atoms with van der Waals surface area (Å²) in [6.45, 7) is 0. The van der Waals surface area contributed by atoms with Crippen LogP contribution in [0.4, 0.5) is 17.1 Å². The van der Waals surface area contributed by atoms with E-state index in [2.05, 4.69) is 21.7 Å². The number of rotatable bonds is 8. The topological polar surface area (TPSA) is 123 Å². The zero-order chi connectivity index (χ0) is 26.7. The minimum Gasteiger partial charge on any atom is -0.495 e. The number of benzene rings is 2. The number of methoxy groups -OCH3 is 2. The van der Waals surface area contributed by atoms with Crippen LogP contribution in [0.1, 0.15) is 18.4 Å². The summed E-state index contributed by atoms with van der Waals surface area (Å²) < 4.78 is 10.8. The normalized spacial score (nSPS) is 14.0. The van der Waals surface area contributed by atoms with E-state index in [0.717, 1.165) is 12.8 Å². The van der Waals surface area contributed by atoms with Gasteiger partial charge >= 0.3 is 0 Å². The Morgan fingerprint density at radius 1 is 1.16 bits per heavy atom. The number of pyridine rings is 1. The van der Waals surface area contributed by atoms with Crippen LogP contribution in [-0.2, 0) is 4.79 Å². The third kappa shape index (κ3) is 5.14. The summed E-state index contributed by atoms with van der Waals surface area (Å²) in [4.78, 5) is 19.5. The lowest BCUT2D eigenvalue weighted by atomic mass is 10.1. The predicted molar refractivity (Wildman–Crippen MR) is 142 cm³/mol. The largest absolute Gasteiger partial charge is 0.495 e. The summed E-state index contributed by atoms with van der Waals surface area (Å²) in [6.07, 6.45) is 4.93. The highest BCUT2D eigenvalue weighted by molar-refractivity contribution is 6.32. The number of nitrogens with zero attached hydrogens (tertiary/aromatic N) is 4. The van der Waals surface area contributed by atoms with E-state index in [1.54, 1.807) is 36.4 Å². The molecule has 0 spiro atoms. The predicted octanol–water partition coefficient (Wildman–Crippen LogP) is 5.00. The fraction of sp³-hybridized carbons (Fsp3) is 0.259. The standard InChI is InChI=1S/C27H25ClN6O3/c1-34(2)27(7-8-27)12-16(13-29)26(35)33-22-10-19-21(11-24(22)37-4)31-15-17(14-30)25(19)32-18-5-6-20(28)23(9-18)36-3/h5-6,9-12,15H,7-8H2,1-4H3,(H,31,32)(H,33,35)/b16-12+. The molecule has 188 valence electrons. The fourth-order valence-corrected chi connectivity index (χ4v) is 4.24. The number of hydrogen-bond acceptors (Lipinski definition) is 8. The monoisotopic (exact) mass is 516 g/mol. The Morgan fingerprint density at radius 2 is 1.89 bits per heavy atom. The number of likely N-dealkylation sites (N-methyl/N-ethyl adjacent to an activating group) is 1. The Morgan fingerprint density at radius 3 is 2.49 bits per heavy atom. The van der Waals surface area contributed by atoms with Crippen molar-refractivity contribution in [1.82, 2.24) is 9.88 Å². The summed E-state index contributed by atoms with van der Waals surface area (Å²) in [5, 5.41) is 26.5. The number of carbonyl (C=O) groups is 1. The number of amides is 1. The fourth-order valence-electron chi connectivity index (χ4n) is 4.04. The number of nitrogens with one attached hydrogen (secondary N) is 2. The van der Waals surface area contributed by atoms with E-state index in [9.17, 15) is 15.3 Å². The Labute approximate surface area is 219 Å². The van der Waals surface area contributed by atoms with Crippen LogP contribution in [0.25, 0.3) is 10.9 Å². The minimum atomic E-state index is -0.547. The third-order valence-electron chi connectivity index (χ3n) is 6.41. The molecule has 2 aromatic carbocycles. The molecular weight excluding hydrogens is 492 g/mol. The molecule has 3 aromatic rings. The van der Waals surface area contributed by atoms with Crippen LogP contribution in [0, 0.1) is 22.7 Å².